The summed E-state index contributed by atoms with van der Waals surface area (Å²) in [6, 6.07) is 0. The van der Waals surface area contributed by atoms with Gasteiger partial charge in [-0.2, -0.15) is 0 Å². The van der Waals surface area contributed by atoms with Gasteiger partial charge in [-0.3, -0.25) is 0 Å². The number of hydrogen-bond acceptors (Lipinski definition) is 2. The molecule has 0 saturated carbocycles. The molecule has 1 heterocycles. The summed E-state index contributed by atoms with van der Waals surface area (Å²) < 4.78 is 11.3. The first-order valence-corrected chi connectivity index (χ1v) is 6.10. The van der Waals surface area contributed by atoms with Crippen molar-refractivity contribution in [3.63, 3.8) is 0 Å². The lowest BCUT2D eigenvalue weighted by atomic mass is 9.73. The Bertz CT molecular complexity index is 229. The highest BCUT2D eigenvalue weighted by Gasteiger charge is 2.35. The summed E-state index contributed by atoms with van der Waals surface area (Å²) >= 11 is 0. The minimum absolute atomic E-state index is 0.0150. The molecule has 86 valence electrons. The molecule has 0 amide bonds. The summed E-state index contributed by atoms with van der Waals surface area (Å²) in [4.78, 5) is 0. The van der Waals surface area contributed by atoms with Crippen molar-refractivity contribution in [3.8, 4) is 0 Å². The number of ether oxygens (including phenoxy) is 2. The zero-order valence-electron chi connectivity index (χ0n) is 9.98. The van der Waals surface area contributed by atoms with E-state index in [1.54, 1.807) is 0 Å². The molecule has 2 unspecified atom stereocenters. The Kier molecular flexibility index (Phi) is 3.47. The smallest absolute Gasteiger partial charge is 0.164 e. The molecule has 0 aromatic rings. The van der Waals surface area contributed by atoms with Gasteiger partial charge in [0.2, 0.25) is 0 Å². The van der Waals surface area contributed by atoms with E-state index in [-0.39, 0.29) is 6.29 Å². The molecule has 2 rings (SSSR count). The third kappa shape index (κ3) is 2.43. The van der Waals surface area contributed by atoms with Gasteiger partial charge in [0, 0.05) is 5.92 Å². The molecule has 3 atom stereocenters. The molecule has 0 radical (unpaired) electrons. The van der Waals surface area contributed by atoms with Crippen LogP contribution in [0.15, 0.2) is 12.2 Å². The van der Waals surface area contributed by atoms with E-state index in [4.69, 9.17) is 9.47 Å². The van der Waals surface area contributed by atoms with Gasteiger partial charge in [0.1, 0.15) is 0 Å². The predicted octanol–water partition coefficient (Wildman–Crippen LogP) is 2.84. The lowest BCUT2D eigenvalue weighted by Crippen LogP contribution is -2.33. The molecule has 15 heavy (non-hydrogen) atoms. The topological polar surface area (TPSA) is 18.5 Å². The first kappa shape index (κ1) is 11.2. The van der Waals surface area contributed by atoms with Crippen molar-refractivity contribution in [2.24, 2.45) is 23.7 Å². The van der Waals surface area contributed by atoms with Crippen LogP contribution >= 0.6 is 0 Å². The van der Waals surface area contributed by atoms with Crippen LogP contribution in [0, 0.1) is 23.7 Å². The van der Waals surface area contributed by atoms with Gasteiger partial charge in [-0.05, 0) is 24.2 Å². The van der Waals surface area contributed by atoms with Gasteiger partial charge >= 0.3 is 0 Å². The highest BCUT2D eigenvalue weighted by atomic mass is 16.7. The molecule has 0 aromatic heterocycles. The molecule has 1 fully saturated rings. The zero-order chi connectivity index (χ0) is 10.8. The van der Waals surface area contributed by atoms with Gasteiger partial charge in [0.15, 0.2) is 6.29 Å². The highest BCUT2D eigenvalue weighted by Crippen LogP contribution is 2.37. The average molecular weight is 210 g/mol. The fourth-order valence-electron chi connectivity index (χ4n) is 2.73. The van der Waals surface area contributed by atoms with E-state index in [2.05, 4.69) is 32.9 Å². The second-order valence-corrected chi connectivity index (χ2v) is 5.19. The third-order valence-corrected chi connectivity index (χ3v) is 3.62. The molecule has 2 aliphatic rings. The van der Waals surface area contributed by atoms with Gasteiger partial charge in [0.05, 0.1) is 13.2 Å². The van der Waals surface area contributed by atoms with Gasteiger partial charge in [0.25, 0.3) is 0 Å². The molecule has 0 spiro atoms. The van der Waals surface area contributed by atoms with Crippen molar-refractivity contribution in [3.05, 3.63) is 12.2 Å². The molecule has 1 aliphatic carbocycles. The number of allylic oxidation sites excluding steroid dienone is 1. The monoisotopic (exact) mass is 210 g/mol. The van der Waals surface area contributed by atoms with Crippen LogP contribution in [0.4, 0.5) is 0 Å². The molecular weight excluding hydrogens is 188 g/mol. The molecule has 2 nitrogen and oxygen atoms in total. The highest BCUT2D eigenvalue weighted by molar-refractivity contribution is 5.02. The summed E-state index contributed by atoms with van der Waals surface area (Å²) in [6.45, 7) is 8.42. The van der Waals surface area contributed by atoms with Crippen LogP contribution in [0.2, 0.25) is 0 Å². The first-order valence-electron chi connectivity index (χ1n) is 6.10. The van der Waals surface area contributed by atoms with Crippen LogP contribution < -0.4 is 0 Å². The predicted molar refractivity (Wildman–Crippen MR) is 60.4 cm³/mol. The Balaban J connectivity index is 2.08. The van der Waals surface area contributed by atoms with Crippen LogP contribution in [0.1, 0.15) is 27.2 Å². The Morgan fingerprint density at radius 1 is 1.13 bits per heavy atom. The van der Waals surface area contributed by atoms with Crippen LogP contribution in [0.3, 0.4) is 0 Å². The number of hydrogen-bond donors (Lipinski definition) is 0. The Morgan fingerprint density at radius 2 is 1.80 bits per heavy atom. The minimum Gasteiger partial charge on any atom is -0.350 e. The molecule has 0 N–H and O–H groups in total. The maximum Gasteiger partial charge on any atom is 0.164 e. The van der Waals surface area contributed by atoms with Gasteiger partial charge in [-0.25, -0.2) is 0 Å². The molecular formula is C13H22O2. The quantitative estimate of drug-likeness (QED) is 0.652. The zero-order valence-corrected chi connectivity index (χ0v) is 9.98. The fourth-order valence-corrected chi connectivity index (χ4v) is 2.73. The lowest BCUT2D eigenvalue weighted by molar-refractivity contribution is -0.0934. The van der Waals surface area contributed by atoms with E-state index in [0.29, 0.717) is 23.7 Å². The van der Waals surface area contributed by atoms with Crippen LogP contribution in [-0.2, 0) is 9.47 Å². The second kappa shape index (κ2) is 4.67. The standard InChI is InChI=1S/C13H22O2/c1-9(2)12-8-10(3)4-5-11(12)13-14-6-7-15-13/h4-5,9-13H,6-8H2,1-3H3/t10-,11?,12?/m1/s1. The average Bonchev–Trinajstić information content (AvgIpc) is 2.70. The van der Waals surface area contributed by atoms with Crippen molar-refractivity contribution < 1.29 is 9.47 Å². The summed E-state index contributed by atoms with van der Waals surface area (Å²) in [6.07, 6.45) is 5.91. The van der Waals surface area contributed by atoms with E-state index in [1.807, 2.05) is 0 Å². The van der Waals surface area contributed by atoms with Gasteiger partial charge < -0.3 is 9.47 Å². The van der Waals surface area contributed by atoms with Crippen molar-refractivity contribution in [2.75, 3.05) is 13.2 Å². The van der Waals surface area contributed by atoms with Gasteiger partial charge in [-0.1, -0.05) is 32.9 Å². The van der Waals surface area contributed by atoms with Crippen LogP contribution in [0.5, 0.6) is 0 Å². The molecule has 2 heteroatoms. The lowest BCUT2D eigenvalue weighted by Gasteiger charge is -2.35. The van der Waals surface area contributed by atoms with E-state index >= 15 is 0 Å². The van der Waals surface area contributed by atoms with Crippen molar-refractivity contribution >= 4 is 0 Å². The van der Waals surface area contributed by atoms with Crippen LogP contribution in [-0.4, -0.2) is 19.5 Å². The Morgan fingerprint density at radius 3 is 2.40 bits per heavy atom. The summed E-state index contributed by atoms with van der Waals surface area (Å²) in [5, 5.41) is 0. The first-order chi connectivity index (χ1) is 7.18. The summed E-state index contributed by atoms with van der Waals surface area (Å²) in [5.74, 6) is 2.57. The molecule has 0 bridgehead atoms. The van der Waals surface area contributed by atoms with E-state index in [0.717, 1.165) is 13.2 Å². The van der Waals surface area contributed by atoms with Crippen molar-refractivity contribution in [1.82, 2.24) is 0 Å². The SMILES string of the molecule is CC(C)C1C[C@H](C)C=CC1C1OCCO1. The van der Waals surface area contributed by atoms with E-state index in [9.17, 15) is 0 Å². The normalized spacial score (nSPS) is 37.7. The second-order valence-electron chi connectivity index (χ2n) is 5.19. The molecule has 1 aliphatic heterocycles. The summed E-state index contributed by atoms with van der Waals surface area (Å²) in [5.41, 5.74) is 0. The fraction of sp³-hybridized carbons (Fsp3) is 0.846. The maximum absolute atomic E-state index is 5.63. The molecule has 1 saturated heterocycles. The summed E-state index contributed by atoms with van der Waals surface area (Å²) in [7, 11) is 0. The number of rotatable bonds is 2. The van der Waals surface area contributed by atoms with E-state index in [1.165, 1.54) is 6.42 Å². The third-order valence-electron chi connectivity index (χ3n) is 3.62. The Hall–Kier alpha value is -0.340. The van der Waals surface area contributed by atoms with Crippen molar-refractivity contribution in [2.45, 2.75) is 33.5 Å². The van der Waals surface area contributed by atoms with Gasteiger partial charge in [-0.15, -0.1) is 0 Å². The van der Waals surface area contributed by atoms with Crippen LogP contribution in [0.25, 0.3) is 0 Å². The maximum atomic E-state index is 5.63. The van der Waals surface area contributed by atoms with Crippen molar-refractivity contribution in [1.29, 1.82) is 0 Å². The van der Waals surface area contributed by atoms with E-state index < -0.39 is 0 Å². The molecule has 0 aromatic carbocycles. The minimum atomic E-state index is 0.0150. The largest absolute Gasteiger partial charge is 0.350 e. The Labute approximate surface area is 92.6 Å².